The van der Waals surface area contributed by atoms with Crippen molar-refractivity contribution in [3.8, 4) is 0 Å². The third-order valence-corrected chi connectivity index (χ3v) is 3.44. The molecule has 0 amide bonds. The lowest BCUT2D eigenvalue weighted by atomic mass is 9.93. The Hall–Kier alpha value is -0.450. The fourth-order valence-corrected chi connectivity index (χ4v) is 2.27. The molecule has 2 nitrogen and oxygen atoms in total. The molecule has 96 valence electrons. The predicted octanol–water partition coefficient (Wildman–Crippen LogP) is 3.00. The predicted molar refractivity (Wildman–Crippen MR) is 73.3 cm³/mol. The van der Waals surface area contributed by atoms with Gasteiger partial charge in [0.25, 0.3) is 0 Å². The van der Waals surface area contributed by atoms with Crippen LogP contribution in [0.1, 0.15) is 19.4 Å². The van der Waals surface area contributed by atoms with Gasteiger partial charge in [0.1, 0.15) is 5.82 Å². The first kappa shape index (κ1) is 14.6. The molecule has 0 fully saturated rings. The highest BCUT2D eigenvalue weighted by Gasteiger charge is 2.18. The molecule has 0 saturated heterocycles. The first-order chi connectivity index (χ1) is 7.84. The van der Waals surface area contributed by atoms with Gasteiger partial charge in [0.15, 0.2) is 0 Å². The fourth-order valence-electron chi connectivity index (χ4n) is 1.79. The topological polar surface area (TPSA) is 29.3 Å². The molecule has 0 aliphatic heterocycles. The lowest BCUT2D eigenvalue weighted by molar-refractivity contribution is 0.209. The highest BCUT2D eigenvalue weighted by atomic mass is 79.9. The molecule has 1 aromatic rings. The van der Waals surface area contributed by atoms with Gasteiger partial charge in [-0.2, -0.15) is 0 Å². The molecule has 1 aromatic carbocycles. The zero-order valence-electron chi connectivity index (χ0n) is 10.6. The lowest BCUT2D eigenvalue weighted by Crippen LogP contribution is -2.36. The molecule has 0 aliphatic rings. The van der Waals surface area contributed by atoms with Crippen molar-refractivity contribution in [2.24, 2.45) is 11.1 Å². The van der Waals surface area contributed by atoms with E-state index in [0.717, 1.165) is 23.1 Å². The van der Waals surface area contributed by atoms with E-state index in [4.69, 9.17) is 5.73 Å². The summed E-state index contributed by atoms with van der Waals surface area (Å²) in [7, 11) is 2.05. The summed E-state index contributed by atoms with van der Waals surface area (Å²) in [6.07, 6.45) is 0. The first-order valence-corrected chi connectivity index (χ1v) is 6.46. The van der Waals surface area contributed by atoms with Crippen LogP contribution in [0.2, 0.25) is 0 Å². The maximum Gasteiger partial charge on any atom is 0.124 e. The molecule has 1 rings (SSSR count). The van der Waals surface area contributed by atoms with E-state index in [1.54, 1.807) is 0 Å². The summed E-state index contributed by atoms with van der Waals surface area (Å²) in [6, 6.07) is 4.80. The van der Waals surface area contributed by atoms with Crippen LogP contribution in [0.3, 0.4) is 0 Å². The maximum absolute atomic E-state index is 13.0. The number of benzene rings is 1. The van der Waals surface area contributed by atoms with E-state index in [9.17, 15) is 4.39 Å². The third-order valence-electron chi connectivity index (χ3n) is 2.71. The highest BCUT2D eigenvalue weighted by molar-refractivity contribution is 9.10. The third kappa shape index (κ3) is 4.74. The standard InChI is InChI=1S/C13H20BrFN2/c1-13(2,8-16)9-17(3)7-10-4-5-11(15)6-12(10)14/h4-6H,7-9,16H2,1-3H3. The van der Waals surface area contributed by atoms with Crippen molar-refractivity contribution >= 4 is 15.9 Å². The fraction of sp³-hybridized carbons (Fsp3) is 0.538. The molecule has 0 atom stereocenters. The number of rotatable bonds is 5. The second kappa shape index (κ2) is 5.94. The van der Waals surface area contributed by atoms with Crippen LogP contribution in [-0.2, 0) is 6.54 Å². The lowest BCUT2D eigenvalue weighted by Gasteiger charge is -2.29. The van der Waals surface area contributed by atoms with E-state index >= 15 is 0 Å². The van der Waals surface area contributed by atoms with Gasteiger partial charge in [-0.1, -0.05) is 35.8 Å². The number of hydrogen-bond donors (Lipinski definition) is 1. The van der Waals surface area contributed by atoms with Crippen molar-refractivity contribution in [3.63, 3.8) is 0 Å². The van der Waals surface area contributed by atoms with Gasteiger partial charge >= 0.3 is 0 Å². The van der Waals surface area contributed by atoms with Crippen LogP contribution in [0.25, 0.3) is 0 Å². The molecule has 0 bridgehead atoms. The summed E-state index contributed by atoms with van der Waals surface area (Å²) in [5, 5.41) is 0. The Morgan fingerprint density at radius 3 is 2.59 bits per heavy atom. The van der Waals surface area contributed by atoms with Gasteiger partial charge in [-0.25, -0.2) is 4.39 Å². The summed E-state index contributed by atoms with van der Waals surface area (Å²) in [6.45, 7) is 6.63. The van der Waals surface area contributed by atoms with Gasteiger partial charge in [-0.15, -0.1) is 0 Å². The Kier molecular flexibility index (Phi) is 5.10. The summed E-state index contributed by atoms with van der Waals surface area (Å²) in [5.74, 6) is -0.217. The number of nitrogens with zero attached hydrogens (tertiary/aromatic N) is 1. The molecule has 0 unspecified atom stereocenters. The molecule has 17 heavy (non-hydrogen) atoms. The molecular formula is C13H20BrFN2. The average Bonchev–Trinajstić information content (AvgIpc) is 2.21. The van der Waals surface area contributed by atoms with Gasteiger partial charge in [-0.3, -0.25) is 0 Å². The van der Waals surface area contributed by atoms with Crippen molar-refractivity contribution in [3.05, 3.63) is 34.1 Å². The Morgan fingerprint density at radius 2 is 2.06 bits per heavy atom. The zero-order valence-corrected chi connectivity index (χ0v) is 12.2. The average molecular weight is 303 g/mol. The van der Waals surface area contributed by atoms with Crippen LogP contribution in [-0.4, -0.2) is 25.0 Å². The summed E-state index contributed by atoms with van der Waals surface area (Å²) in [4.78, 5) is 2.20. The van der Waals surface area contributed by atoms with Crippen LogP contribution in [0.4, 0.5) is 4.39 Å². The van der Waals surface area contributed by atoms with E-state index in [1.807, 2.05) is 13.1 Å². The zero-order chi connectivity index (χ0) is 13.1. The van der Waals surface area contributed by atoms with Crippen molar-refractivity contribution < 1.29 is 4.39 Å². The summed E-state index contributed by atoms with van der Waals surface area (Å²) in [5.41, 5.74) is 6.90. The van der Waals surface area contributed by atoms with Crippen LogP contribution in [0.5, 0.6) is 0 Å². The maximum atomic E-state index is 13.0. The second-order valence-corrected chi connectivity index (χ2v) is 6.13. The number of halogens is 2. The molecule has 0 aliphatic carbocycles. The van der Waals surface area contributed by atoms with Crippen molar-refractivity contribution in [2.75, 3.05) is 20.1 Å². The van der Waals surface area contributed by atoms with Gasteiger partial charge in [-0.05, 0) is 36.7 Å². The largest absolute Gasteiger partial charge is 0.330 e. The first-order valence-electron chi connectivity index (χ1n) is 5.66. The molecule has 0 spiro atoms. The Bertz CT molecular complexity index is 380. The van der Waals surface area contributed by atoms with E-state index in [0.29, 0.717) is 6.54 Å². The van der Waals surface area contributed by atoms with E-state index in [1.165, 1.54) is 12.1 Å². The van der Waals surface area contributed by atoms with Crippen molar-refractivity contribution in [2.45, 2.75) is 20.4 Å². The number of hydrogen-bond acceptors (Lipinski definition) is 2. The molecule has 0 aromatic heterocycles. The SMILES string of the molecule is CN(Cc1ccc(F)cc1Br)CC(C)(C)CN. The van der Waals surface area contributed by atoms with E-state index in [-0.39, 0.29) is 11.2 Å². The molecular weight excluding hydrogens is 283 g/mol. The minimum atomic E-state index is -0.217. The van der Waals surface area contributed by atoms with Crippen LogP contribution >= 0.6 is 15.9 Å². The van der Waals surface area contributed by atoms with Crippen LogP contribution in [0, 0.1) is 11.2 Å². The second-order valence-electron chi connectivity index (χ2n) is 5.28. The summed E-state index contributed by atoms with van der Waals surface area (Å²) >= 11 is 3.38. The van der Waals surface area contributed by atoms with Gasteiger partial charge in [0.2, 0.25) is 0 Å². The van der Waals surface area contributed by atoms with Gasteiger partial charge in [0, 0.05) is 17.6 Å². The smallest absolute Gasteiger partial charge is 0.124 e. The van der Waals surface area contributed by atoms with Gasteiger partial charge < -0.3 is 10.6 Å². The molecule has 0 saturated carbocycles. The Balaban J connectivity index is 2.65. The molecule has 2 N–H and O–H groups in total. The van der Waals surface area contributed by atoms with Crippen molar-refractivity contribution in [1.82, 2.24) is 4.90 Å². The normalized spacial score (nSPS) is 12.2. The molecule has 4 heteroatoms. The number of nitrogens with two attached hydrogens (primary N) is 1. The van der Waals surface area contributed by atoms with E-state index in [2.05, 4.69) is 34.7 Å². The van der Waals surface area contributed by atoms with Gasteiger partial charge in [0.05, 0.1) is 0 Å². The Labute approximate surface area is 111 Å². The van der Waals surface area contributed by atoms with E-state index < -0.39 is 0 Å². The minimum absolute atomic E-state index is 0.0985. The quantitative estimate of drug-likeness (QED) is 0.906. The molecule has 0 radical (unpaired) electrons. The van der Waals surface area contributed by atoms with Crippen molar-refractivity contribution in [1.29, 1.82) is 0 Å². The Morgan fingerprint density at radius 1 is 1.41 bits per heavy atom. The highest BCUT2D eigenvalue weighted by Crippen LogP contribution is 2.21. The minimum Gasteiger partial charge on any atom is -0.330 e. The van der Waals surface area contributed by atoms with Crippen LogP contribution < -0.4 is 5.73 Å². The molecule has 0 heterocycles. The van der Waals surface area contributed by atoms with Crippen LogP contribution in [0.15, 0.2) is 22.7 Å². The monoisotopic (exact) mass is 302 g/mol. The summed E-state index contributed by atoms with van der Waals surface area (Å²) < 4.78 is 13.8.